The van der Waals surface area contributed by atoms with Gasteiger partial charge in [0.25, 0.3) is 0 Å². The maximum atomic E-state index is 3.09. The lowest BCUT2D eigenvalue weighted by Crippen LogP contribution is -2.38. The zero-order valence-electron chi connectivity index (χ0n) is 11.4. The van der Waals surface area contributed by atoms with Crippen LogP contribution in [0.5, 0.6) is 0 Å². The Bertz CT molecular complexity index is 206. The Labute approximate surface area is 98.8 Å². The average Bonchev–Trinajstić information content (AvgIpc) is 2.00. The SMILES string of the molecule is CC(C)(C)C1CCC(P)C(C(C)(C)C)C1. The molecule has 0 bridgehead atoms. The minimum Gasteiger partial charge on any atom is -0.134 e. The normalized spacial score (nSPS) is 34.2. The molecule has 0 aromatic rings. The molecule has 0 aliphatic heterocycles. The van der Waals surface area contributed by atoms with E-state index >= 15 is 0 Å². The molecule has 1 heteroatoms. The van der Waals surface area contributed by atoms with Crippen LogP contribution in [0, 0.1) is 22.7 Å². The summed E-state index contributed by atoms with van der Waals surface area (Å²) in [4.78, 5) is 0. The summed E-state index contributed by atoms with van der Waals surface area (Å²) in [7, 11) is 3.09. The zero-order chi connectivity index (χ0) is 11.9. The molecule has 4 atom stereocenters. The molecule has 1 aliphatic rings. The van der Waals surface area contributed by atoms with Crippen LogP contribution in [0.4, 0.5) is 0 Å². The van der Waals surface area contributed by atoms with E-state index in [1.54, 1.807) is 0 Å². The fourth-order valence-corrected chi connectivity index (χ4v) is 3.90. The van der Waals surface area contributed by atoms with Gasteiger partial charge < -0.3 is 0 Å². The van der Waals surface area contributed by atoms with E-state index in [1.807, 2.05) is 0 Å². The highest BCUT2D eigenvalue weighted by Gasteiger charge is 2.39. The van der Waals surface area contributed by atoms with Gasteiger partial charge in [0.2, 0.25) is 0 Å². The van der Waals surface area contributed by atoms with Crippen molar-refractivity contribution in [1.29, 1.82) is 0 Å². The largest absolute Gasteiger partial charge is 0.134 e. The van der Waals surface area contributed by atoms with E-state index in [1.165, 1.54) is 19.3 Å². The Morgan fingerprint density at radius 2 is 1.40 bits per heavy atom. The highest BCUT2D eigenvalue weighted by atomic mass is 31.0. The molecule has 0 aromatic carbocycles. The fourth-order valence-electron chi connectivity index (χ4n) is 2.98. The van der Waals surface area contributed by atoms with Crippen LogP contribution in [-0.2, 0) is 0 Å². The highest BCUT2D eigenvalue weighted by molar-refractivity contribution is 7.17. The molecule has 0 heterocycles. The van der Waals surface area contributed by atoms with Gasteiger partial charge >= 0.3 is 0 Å². The van der Waals surface area contributed by atoms with Gasteiger partial charge in [0.1, 0.15) is 0 Å². The molecule has 1 fully saturated rings. The third-order valence-electron chi connectivity index (χ3n) is 4.24. The van der Waals surface area contributed by atoms with Crippen molar-refractivity contribution in [3.8, 4) is 0 Å². The van der Waals surface area contributed by atoms with Crippen molar-refractivity contribution in [2.45, 2.75) is 66.5 Å². The lowest BCUT2D eigenvalue weighted by atomic mass is 9.63. The lowest BCUT2D eigenvalue weighted by molar-refractivity contribution is 0.0880. The van der Waals surface area contributed by atoms with E-state index in [4.69, 9.17) is 0 Å². The summed E-state index contributed by atoms with van der Waals surface area (Å²) in [6.45, 7) is 14.4. The molecule has 0 saturated heterocycles. The second kappa shape index (κ2) is 4.36. The molecule has 1 saturated carbocycles. The van der Waals surface area contributed by atoms with Crippen LogP contribution in [0.1, 0.15) is 60.8 Å². The van der Waals surface area contributed by atoms with Crippen molar-refractivity contribution in [2.75, 3.05) is 0 Å². The van der Waals surface area contributed by atoms with Crippen LogP contribution in [0.15, 0.2) is 0 Å². The Morgan fingerprint density at radius 3 is 1.80 bits per heavy atom. The maximum absolute atomic E-state index is 3.09. The monoisotopic (exact) mass is 228 g/mol. The first kappa shape index (κ1) is 13.5. The van der Waals surface area contributed by atoms with Crippen molar-refractivity contribution >= 4 is 9.24 Å². The van der Waals surface area contributed by atoms with Crippen molar-refractivity contribution in [2.24, 2.45) is 22.7 Å². The summed E-state index contributed by atoms with van der Waals surface area (Å²) < 4.78 is 0. The molecular formula is C14H29P. The van der Waals surface area contributed by atoms with Gasteiger partial charge in [-0.1, -0.05) is 41.5 Å². The number of hydrogen-bond donors (Lipinski definition) is 0. The van der Waals surface area contributed by atoms with Crippen molar-refractivity contribution in [3.05, 3.63) is 0 Å². The molecule has 0 nitrogen and oxygen atoms in total. The van der Waals surface area contributed by atoms with Crippen LogP contribution >= 0.6 is 9.24 Å². The van der Waals surface area contributed by atoms with Gasteiger partial charge in [0.15, 0.2) is 0 Å². The van der Waals surface area contributed by atoms with Crippen molar-refractivity contribution in [1.82, 2.24) is 0 Å². The Hall–Kier alpha value is 0.430. The maximum Gasteiger partial charge on any atom is -0.0231 e. The van der Waals surface area contributed by atoms with E-state index < -0.39 is 0 Å². The molecule has 0 radical (unpaired) electrons. The first-order valence-corrected chi connectivity index (χ1v) is 7.04. The molecule has 0 aromatic heterocycles. The van der Waals surface area contributed by atoms with Crippen LogP contribution in [0.2, 0.25) is 0 Å². The van der Waals surface area contributed by atoms with Crippen LogP contribution < -0.4 is 0 Å². The summed E-state index contributed by atoms with van der Waals surface area (Å²) in [5.41, 5.74) is 1.80. The molecule has 15 heavy (non-hydrogen) atoms. The topological polar surface area (TPSA) is 0 Å². The first-order valence-electron chi connectivity index (χ1n) is 6.38. The molecule has 4 unspecified atom stereocenters. The van der Waals surface area contributed by atoms with Gasteiger partial charge in [-0.3, -0.25) is 0 Å². The van der Waals surface area contributed by atoms with Gasteiger partial charge in [0.05, 0.1) is 0 Å². The van der Waals surface area contributed by atoms with Crippen molar-refractivity contribution < 1.29 is 0 Å². The second-order valence-electron chi connectivity index (χ2n) is 7.51. The van der Waals surface area contributed by atoms with Gasteiger partial charge in [0, 0.05) is 0 Å². The third kappa shape index (κ3) is 3.45. The van der Waals surface area contributed by atoms with E-state index in [2.05, 4.69) is 50.8 Å². The third-order valence-corrected chi connectivity index (χ3v) is 5.04. The minimum absolute atomic E-state index is 0.469. The van der Waals surface area contributed by atoms with E-state index in [-0.39, 0.29) is 0 Å². The van der Waals surface area contributed by atoms with Gasteiger partial charge in [-0.15, -0.1) is 9.24 Å². The molecule has 1 aliphatic carbocycles. The predicted octanol–water partition coefficient (Wildman–Crippen LogP) is 4.74. The average molecular weight is 228 g/mol. The predicted molar refractivity (Wildman–Crippen MR) is 73.2 cm³/mol. The summed E-state index contributed by atoms with van der Waals surface area (Å²) in [5, 5.41) is 0. The first-order chi connectivity index (χ1) is 6.62. The van der Waals surface area contributed by atoms with Crippen molar-refractivity contribution in [3.63, 3.8) is 0 Å². The molecule has 0 N–H and O–H groups in total. The number of hydrogen-bond acceptors (Lipinski definition) is 0. The van der Waals surface area contributed by atoms with Crippen LogP contribution in [-0.4, -0.2) is 5.66 Å². The van der Waals surface area contributed by atoms with Gasteiger partial charge in [-0.25, -0.2) is 0 Å². The van der Waals surface area contributed by atoms with Crippen LogP contribution in [0.25, 0.3) is 0 Å². The fraction of sp³-hybridized carbons (Fsp3) is 1.00. The number of rotatable bonds is 0. The molecule has 1 rings (SSSR count). The summed E-state index contributed by atoms with van der Waals surface area (Å²) >= 11 is 0. The molecule has 0 amide bonds. The Morgan fingerprint density at radius 1 is 0.867 bits per heavy atom. The smallest absolute Gasteiger partial charge is 0.0231 e. The standard InChI is InChI=1S/C14H29P/c1-13(2,3)10-7-8-12(15)11(9-10)14(4,5)6/h10-12H,7-9,15H2,1-6H3. The van der Waals surface area contributed by atoms with Gasteiger partial charge in [-0.2, -0.15) is 0 Å². The summed E-state index contributed by atoms with van der Waals surface area (Å²) in [6, 6.07) is 0. The quantitative estimate of drug-likeness (QED) is 0.525. The highest BCUT2D eigenvalue weighted by Crippen LogP contribution is 2.48. The zero-order valence-corrected chi connectivity index (χ0v) is 12.6. The second-order valence-corrected chi connectivity index (χ2v) is 8.37. The Kier molecular flexibility index (Phi) is 3.92. The lowest BCUT2D eigenvalue weighted by Gasteiger charge is -2.46. The molecule has 0 spiro atoms. The molecule has 90 valence electrons. The summed E-state index contributed by atoms with van der Waals surface area (Å²) in [5.74, 6) is 1.79. The van der Waals surface area contributed by atoms with E-state index in [0.717, 1.165) is 17.5 Å². The van der Waals surface area contributed by atoms with Gasteiger partial charge in [-0.05, 0) is 47.6 Å². The molecular weight excluding hydrogens is 199 g/mol. The summed E-state index contributed by atoms with van der Waals surface area (Å²) in [6.07, 6.45) is 4.24. The van der Waals surface area contributed by atoms with E-state index in [9.17, 15) is 0 Å². The Balaban J connectivity index is 2.73. The van der Waals surface area contributed by atoms with Crippen LogP contribution in [0.3, 0.4) is 0 Å². The minimum atomic E-state index is 0.469. The van der Waals surface area contributed by atoms with E-state index in [0.29, 0.717) is 10.8 Å².